The highest BCUT2D eigenvalue weighted by Crippen LogP contribution is 2.25. The van der Waals surface area contributed by atoms with E-state index in [4.69, 9.17) is 9.84 Å². The molecule has 2 rings (SSSR count). The van der Waals surface area contributed by atoms with Crippen LogP contribution >= 0.6 is 0 Å². The highest BCUT2D eigenvalue weighted by atomic mass is 16.5. The number of nitrogens with zero attached hydrogens (tertiary/aromatic N) is 1. The van der Waals surface area contributed by atoms with Crippen molar-refractivity contribution in [2.75, 3.05) is 19.6 Å². The van der Waals surface area contributed by atoms with Crippen LogP contribution in [0.25, 0.3) is 10.9 Å². The number of carboxylic acids is 1. The lowest BCUT2D eigenvalue weighted by molar-refractivity contribution is -0.137. The van der Waals surface area contributed by atoms with Crippen LogP contribution in [-0.4, -0.2) is 46.6 Å². The molecule has 0 aliphatic heterocycles. The summed E-state index contributed by atoms with van der Waals surface area (Å²) in [6.07, 6.45) is 5.63. The maximum atomic E-state index is 11.9. The number of H-pyrrole nitrogens is 1. The molecule has 1 aromatic carbocycles. The van der Waals surface area contributed by atoms with Gasteiger partial charge in [-0.1, -0.05) is 13.8 Å². The van der Waals surface area contributed by atoms with Crippen LogP contribution in [0.2, 0.25) is 0 Å². The summed E-state index contributed by atoms with van der Waals surface area (Å²) in [6.45, 7) is 7.62. The molecule has 1 aromatic heterocycles. The number of carbonyl (C=O) groups is 2. The van der Waals surface area contributed by atoms with Crippen molar-refractivity contribution < 1.29 is 19.4 Å². The zero-order valence-corrected chi connectivity index (χ0v) is 16.3. The van der Waals surface area contributed by atoms with Gasteiger partial charge in [0.15, 0.2) is 0 Å². The standard InChI is InChI=1S/C21H30N2O4/c1-3-11-23(12-4-2)13-10-16-15-22-19-9-8-17(14-18(16)19)27-21(26)7-5-6-20(24)25/h8-9,14-15,22H,3-7,10-13H2,1-2H3,(H,24,25). The average molecular weight is 374 g/mol. The van der Waals surface area contributed by atoms with Gasteiger partial charge in [0, 0.05) is 36.5 Å². The number of hydrogen-bond acceptors (Lipinski definition) is 4. The Kier molecular flexibility index (Phi) is 8.33. The van der Waals surface area contributed by atoms with Crippen molar-refractivity contribution >= 4 is 22.8 Å². The summed E-state index contributed by atoms with van der Waals surface area (Å²) in [5, 5.41) is 9.71. The number of aromatic nitrogens is 1. The molecule has 0 atom stereocenters. The summed E-state index contributed by atoms with van der Waals surface area (Å²) in [7, 11) is 0. The lowest BCUT2D eigenvalue weighted by Crippen LogP contribution is -2.27. The van der Waals surface area contributed by atoms with Crippen LogP contribution in [0, 0.1) is 0 Å². The van der Waals surface area contributed by atoms with Crippen molar-refractivity contribution in [2.24, 2.45) is 0 Å². The molecule has 27 heavy (non-hydrogen) atoms. The van der Waals surface area contributed by atoms with Gasteiger partial charge in [-0.25, -0.2) is 0 Å². The number of carboxylic acid groups (broad SMARTS) is 1. The van der Waals surface area contributed by atoms with Gasteiger partial charge in [-0.15, -0.1) is 0 Å². The van der Waals surface area contributed by atoms with Crippen molar-refractivity contribution in [1.82, 2.24) is 9.88 Å². The Hall–Kier alpha value is -2.34. The van der Waals surface area contributed by atoms with E-state index in [1.807, 2.05) is 18.3 Å². The maximum absolute atomic E-state index is 11.9. The van der Waals surface area contributed by atoms with E-state index in [-0.39, 0.29) is 19.3 Å². The molecule has 0 aliphatic rings. The van der Waals surface area contributed by atoms with E-state index in [1.165, 1.54) is 5.56 Å². The van der Waals surface area contributed by atoms with E-state index in [9.17, 15) is 9.59 Å². The minimum absolute atomic E-state index is 0.0257. The first-order valence-corrected chi connectivity index (χ1v) is 9.78. The Morgan fingerprint density at radius 3 is 2.52 bits per heavy atom. The second kappa shape index (κ2) is 10.7. The molecule has 0 spiro atoms. The van der Waals surface area contributed by atoms with Gasteiger partial charge in [-0.05, 0) is 62.5 Å². The van der Waals surface area contributed by atoms with Gasteiger partial charge in [0.1, 0.15) is 5.75 Å². The summed E-state index contributed by atoms with van der Waals surface area (Å²) in [6, 6.07) is 5.56. The number of aromatic amines is 1. The summed E-state index contributed by atoms with van der Waals surface area (Å²) in [5.41, 5.74) is 2.24. The number of fused-ring (bicyclic) bond motifs is 1. The van der Waals surface area contributed by atoms with Crippen LogP contribution in [-0.2, 0) is 16.0 Å². The topological polar surface area (TPSA) is 82.6 Å². The molecule has 1 heterocycles. The van der Waals surface area contributed by atoms with Crippen LogP contribution in [0.3, 0.4) is 0 Å². The van der Waals surface area contributed by atoms with Gasteiger partial charge < -0.3 is 19.7 Å². The number of esters is 1. The number of hydrogen-bond donors (Lipinski definition) is 2. The normalized spacial score (nSPS) is 11.2. The smallest absolute Gasteiger partial charge is 0.311 e. The Balaban J connectivity index is 2.00. The molecule has 0 aliphatic carbocycles. The number of ether oxygens (including phenoxy) is 1. The first kappa shape index (κ1) is 21.0. The van der Waals surface area contributed by atoms with Gasteiger partial charge in [-0.3, -0.25) is 9.59 Å². The van der Waals surface area contributed by atoms with Crippen LogP contribution < -0.4 is 4.74 Å². The third-order valence-corrected chi connectivity index (χ3v) is 4.52. The quantitative estimate of drug-likeness (QED) is 0.433. The minimum atomic E-state index is -0.902. The molecule has 0 unspecified atom stereocenters. The highest BCUT2D eigenvalue weighted by Gasteiger charge is 2.11. The number of nitrogens with one attached hydrogen (secondary N) is 1. The van der Waals surface area contributed by atoms with Gasteiger partial charge in [-0.2, -0.15) is 0 Å². The highest BCUT2D eigenvalue weighted by molar-refractivity contribution is 5.85. The number of benzene rings is 1. The van der Waals surface area contributed by atoms with Crippen LogP contribution in [0.15, 0.2) is 24.4 Å². The molecule has 6 heteroatoms. The fraction of sp³-hybridized carbons (Fsp3) is 0.524. The van der Waals surface area contributed by atoms with Crippen molar-refractivity contribution in [1.29, 1.82) is 0 Å². The predicted octanol–water partition coefficient (Wildman–Crippen LogP) is 3.99. The van der Waals surface area contributed by atoms with E-state index in [2.05, 4.69) is 23.7 Å². The van der Waals surface area contributed by atoms with E-state index in [1.54, 1.807) is 6.07 Å². The first-order chi connectivity index (χ1) is 13.0. The lowest BCUT2D eigenvalue weighted by atomic mass is 10.1. The van der Waals surface area contributed by atoms with E-state index >= 15 is 0 Å². The molecule has 0 fully saturated rings. The second-order valence-electron chi connectivity index (χ2n) is 6.83. The molecular formula is C21H30N2O4. The molecule has 0 saturated carbocycles. The third kappa shape index (κ3) is 6.71. The Bertz CT molecular complexity index is 748. The number of rotatable bonds is 12. The van der Waals surface area contributed by atoms with Gasteiger partial charge >= 0.3 is 11.9 Å². The minimum Gasteiger partial charge on any atom is -0.481 e. The Morgan fingerprint density at radius 2 is 1.85 bits per heavy atom. The molecule has 0 saturated heterocycles. The molecule has 2 N–H and O–H groups in total. The van der Waals surface area contributed by atoms with Crippen LogP contribution in [0.5, 0.6) is 5.75 Å². The van der Waals surface area contributed by atoms with Crippen molar-refractivity contribution in [3.8, 4) is 5.75 Å². The van der Waals surface area contributed by atoms with Gasteiger partial charge in [0.25, 0.3) is 0 Å². The van der Waals surface area contributed by atoms with Gasteiger partial charge in [0.05, 0.1) is 0 Å². The molecule has 148 valence electrons. The second-order valence-corrected chi connectivity index (χ2v) is 6.83. The summed E-state index contributed by atoms with van der Waals surface area (Å²) in [4.78, 5) is 28.2. The molecule has 0 amide bonds. The molecule has 0 bridgehead atoms. The fourth-order valence-corrected chi connectivity index (χ4v) is 3.24. The SMILES string of the molecule is CCCN(CCC)CCc1c[nH]c2ccc(OC(=O)CCCC(=O)O)cc12. The average Bonchev–Trinajstić information content (AvgIpc) is 3.02. The van der Waals surface area contributed by atoms with E-state index < -0.39 is 11.9 Å². The van der Waals surface area contributed by atoms with Gasteiger partial charge in [0.2, 0.25) is 0 Å². The third-order valence-electron chi connectivity index (χ3n) is 4.52. The summed E-state index contributed by atoms with van der Waals surface area (Å²) in [5.74, 6) is -0.797. The number of aliphatic carboxylic acids is 1. The van der Waals surface area contributed by atoms with E-state index in [0.717, 1.165) is 49.8 Å². The monoisotopic (exact) mass is 374 g/mol. The van der Waals surface area contributed by atoms with Crippen molar-refractivity contribution in [3.63, 3.8) is 0 Å². The van der Waals surface area contributed by atoms with Crippen molar-refractivity contribution in [3.05, 3.63) is 30.0 Å². The number of carbonyl (C=O) groups excluding carboxylic acids is 1. The maximum Gasteiger partial charge on any atom is 0.311 e. The predicted molar refractivity (Wildman–Crippen MR) is 106 cm³/mol. The zero-order valence-electron chi connectivity index (χ0n) is 16.3. The summed E-state index contributed by atoms with van der Waals surface area (Å²) >= 11 is 0. The Morgan fingerprint density at radius 1 is 1.11 bits per heavy atom. The molecule has 6 nitrogen and oxygen atoms in total. The molecular weight excluding hydrogens is 344 g/mol. The van der Waals surface area contributed by atoms with Crippen LogP contribution in [0.4, 0.5) is 0 Å². The fourth-order valence-electron chi connectivity index (χ4n) is 3.24. The lowest BCUT2D eigenvalue weighted by Gasteiger charge is -2.20. The summed E-state index contributed by atoms with van der Waals surface area (Å²) < 4.78 is 5.38. The molecule has 0 radical (unpaired) electrons. The molecule has 2 aromatic rings. The van der Waals surface area contributed by atoms with Crippen LogP contribution in [0.1, 0.15) is 51.5 Å². The zero-order chi connectivity index (χ0) is 19.6. The van der Waals surface area contributed by atoms with Crippen molar-refractivity contribution in [2.45, 2.75) is 52.4 Å². The first-order valence-electron chi connectivity index (χ1n) is 9.78. The largest absolute Gasteiger partial charge is 0.481 e. The van der Waals surface area contributed by atoms with E-state index in [0.29, 0.717) is 5.75 Å². The Labute approximate surface area is 160 Å².